The van der Waals surface area contributed by atoms with Gasteiger partial charge in [-0.2, -0.15) is 0 Å². The lowest BCUT2D eigenvalue weighted by Gasteiger charge is -2.23. The molecule has 5 nitrogen and oxygen atoms in total. The fraction of sp³-hybridized carbons (Fsp3) is 0.333. The Bertz CT molecular complexity index is 629. The van der Waals surface area contributed by atoms with Crippen LogP contribution in [0.5, 0.6) is 0 Å². The fourth-order valence-corrected chi connectivity index (χ4v) is 2.02. The second kappa shape index (κ2) is 8.63. The highest BCUT2D eigenvalue weighted by atomic mass is 16.5. The molecule has 5 heteroatoms. The first kappa shape index (κ1) is 18.3. The quantitative estimate of drug-likeness (QED) is 0.506. The van der Waals surface area contributed by atoms with Crippen molar-refractivity contribution in [2.24, 2.45) is 5.41 Å². The summed E-state index contributed by atoms with van der Waals surface area (Å²) in [5, 5.41) is 9.99. The summed E-state index contributed by atoms with van der Waals surface area (Å²) in [4.78, 5) is 24.0. The first-order chi connectivity index (χ1) is 11.0. The molecule has 0 bridgehead atoms. The number of hydrogen-bond donors (Lipinski definition) is 1. The third kappa shape index (κ3) is 4.35. The minimum absolute atomic E-state index is 0.206. The lowest BCUT2D eigenvalue weighted by molar-refractivity contribution is -0.168. The highest BCUT2D eigenvalue weighted by molar-refractivity contribution is 6.00. The van der Waals surface area contributed by atoms with Gasteiger partial charge in [-0.3, -0.25) is 9.59 Å². The Morgan fingerprint density at radius 3 is 2.22 bits per heavy atom. The van der Waals surface area contributed by atoms with E-state index >= 15 is 0 Å². The molecule has 1 aromatic carbocycles. The van der Waals surface area contributed by atoms with Crippen molar-refractivity contribution < 1.29 is 24.2 Å². The van der Waals surface area contributed by atoms with Crippen LogP contribution >= 0.6 is 0 Å². The van der Waals surface area contributed by atoms with Gasteiger partial charge in [0.2, 0.25) is 0 Å². The highest BCUT2D eigenvalue weighted by Gasteiger charge is 2.47. The molecule has 120 valence electrons. The maximum Gasteiger partial charge on any atom is 0.325 e. The van der Waals surface area contributed by atoms with E-state index in [1.54, 1.807) is 24.3 Å². The van der Waals surface area contributed by atoms with Crippen molar-refractivity contribution in [1.29, 1.82) is 0 Å². The largest absolute Gasteiger partial charge is 0.468 e. The topological polar surface area (TPSA) is 72.8 Å². The zero-order valence-electron chi connectivity index (χ0n) is 13.0. The average molecular weight is 314 g/mol. The van der Waals surface area contributed by atoms with Crippen molar-refractivity contribution in [2.45, 2.75) is 18.9 Å². The van der Waals surface area contributed by atoms with E-state index in [1.807, 2.05) is 6.07 Å². The van der Waals surface area contributed by atoms with Gasteiger partial charge < -0.3 is 14.6 Å². The van der Waals surface area contributed by atoms with E-state index in [2.05, 4.69) is 27.2 Å². The maximum absolute atomic E-state index is 12.0. The van der Waals surface area contributed by atoms with E-state index in [0.717, 1.165) is 14.2 Å². The number of carbonyl (C=O) groups excluding carboxylic acids is 2. The number of terminal acetylenes is 1. The van der Waals surface area contributed by atoms with Crippen LogP contribution in [0.4, 0.5) is 0 Å². The minimum Gasteiger partial charge on any atom is -0.468 e. The van der Waals surface area contributed by atoms with Gasteiger partial charge in [0.05, 0.1) is 14.2 Å². The van der Waals surface area contributed by atoms with Gasteiger partial charge in [0, 0.05) is 12.8 Å². The first-order valence-electron chi connectivity index (χ1n) is 6.83. The van der Waals surface area contributed by atoms with E-state index in [4.69, 9.17) is 6.42 Å². The molecule has 1 atom stereocenters. The summed E-state index contributed by atoms with van der Waals surface area (Å²) in [5.74, 6) is 5.88. The summed E-state index contributed by atoms with van der Waals surface area (Å²) in [7, 11) is 2.31. The standard InChI is InChI=1S/C18H18O5/c1-4-12-18(16(20)22-2,17(21)23-3)13-8-11-15(19)14-9-6-5-7-10-14/h1,5-7,9-10,15,19H,12-13H2,2-3H3. The number of hydrogen-bond acceptors (Lipinski definition) is 5. The molecule has 1 unspecified atom stereocenters. The summed E-state index contributed by atoms with van der Waals surface area (Å²) in [6, 6.07) is 8.79. The number of aliphatic hydroxyl groups is 1. The Balaban J connectivity index is 3.04. The molecule has 0 aliphatic heterocycles. The van der Waals surface area contributed by atoms with Crippen molar-refractivity contribution in [1.82, 2.24) is 0 Å². The lowest BCUT2D eigenvalue weighted by Crippen LogP contribution is -2.40. The summed E-state index contributed by atoms with van der Waals surface area (Å²) in [6.07, 6.45) is 3.81. The summed E-state index contributed by atoms with van der Waals surface area (Å²) in [6.45, 7) is 0. The van der Waals surface area contributed by atoms with Crippen LogP contribution in [0.1, 0.15) is 24.5 Å². The Hall–Kier alpha value is -2.76. The smallest absolute Gasteiger partial charge is 0.325 e. The maximum atomic E-state index is 12.0. The molecule has 1 N–H and O–H groups in total. The number of carbonyl (C=O) groups is 2. The van der Waals surface area contributed by atoms with Gasteiger partial charge in [0.25, 0.3) is 0 Å². The second-order valence-corrected chi connectivity index (χ2v) is 4.76. The average Bonchev–Trinajstić information content (AvgIpc) is 2.60. The van der Waals surface area contributed by atoms with Crippen LogP contribution in [0.3, 0.4) is 0 Å². The third-order valence-electron chi connectivity index (χ3n) is 3.30. The van der Waals surface area contributed by atoms with Crippen LogP contribution in [0.15, 0.2) is 30.3 Å². The number of ether oxygens (including phenoxy) is 2. The van der Waals surface area contributed by atoms with Crippen LogP contribution in [0.2, 0.25) is 0 Å². The molecular formula is C18H18O5. The van der Waals surface area contributed by atoms with Crippen molar-refractivity contribution in [2.75, 3.05) is 14.2 Å². The zero-order valence-corrected chi connectivity index (χ0v) is 13.0. The van der Waals surface area contributed by atoms with E-state index < -0.39 is 23.5 Å². The third-order valence-corrected chi connectivity index (χ3v) is 3.30. The van der Waals surface area contributed by atoms with Gasteiger partial charge in [-0.05, 0) is 5.56 Å². The summed E-state index contributed by atoms with van der Waals surface area (Å²) >= 11 is 0. The minimum atomic E-state index is -1.69. The number of benzene rings is 1. The van der Waals surface area contributed by atoms with Crippen LogP contribution in [0.25, 0.3) is 0 Å². The van der Waals surface area contributed by atoms with Crippen molar-refractivity contribution >= 4 is 11.9 Å². The molecule has 0 radical (unpaired) electrons. The zero-order chi connectivity index (χ0) is 17.3. The van der Waals surface area contributed by atoms with Crippen LogP contribution in [0, 0.1) is 29.6 Å². The molecule has 0 amide bonds. The molecule has 0 fully saturated rings. The Kier molecular flexibility index (Phi) is 6.86. The Morgan fingerprint density at radius 1 is 1.17 bits per heavy atom. The molecule has 23 heavy (non-hydrogen) atoms. The van der Waals surface area contributed by atoms with Gasteiger partial charge in [-0.25, -0.2) is 0 Å². The van der Waals surface area contributed by atoms with Crippen molar-refractivity contribution in [3.8, 4) is 24.2 Å². The van der Waals surface area contributed by atoms with Gasteiger partial charge in [-0.1, -0.05) is 42.2 Å². The molecule has 0 saturated heterocycles. The summed E-state index contributed by atoms with van der Waals surface area (Å²) < 4.78 is 9.34. The lowest BCUT2D eigenvalue weighted by atomic mass is 9.81. The van der Waals surface area contributed by atoms with Crippen molar-refractivity contribution in [3.63, 3.8) is 0 Å². The molecule has 0 spiro atoms. The molecule has 0 saturated carbocycles. The predicted molar refractivity (Wildman–Crippen MR) is 83.7 cm³/mol. The normalized spacial score (nSPS) is 11.4. The Labute approximate surface area is 135 Å². The highest BCUT2D eigenvalue weighted by Crippen LogP contribution is 2.29. The van der Waals surface area contributed by atoms with Gasteiger partial charge in [0.15, 0.2) is 5.41 Å². The first-order valence-corrected chi connectivity index (χ1v) is 6.83. The molecule has 0 aliphatic carbocycles. The Morgan fingerprint density at radius 2 is 1.74 bits per heavy atom. The van der Waals surface area contributed by atoms with Gasteiger partial charge >= 0.3 is 11.9 Å². The monoisotopic (exact) mass is 314 g/mol. The van der Waals surface area contributed by atoms with Crippen molar-refractivity contribution in [3.05, 3.63) is 35.9 Å². The molecule has 0 aromatic heterocycles. The fourth-order valence-electron chi connectivity index (χ4n) is 2.02. The van der Waals surface area contributed by atoms with Crippen LogP contribution in [-0.2, 0) is 19.1 Å². The van der Waals surface area contributed by atoms with E-state index in [9.17, 15) is 14.7 Å². The SMILES string of the molecule is C#CCC(CC#CC(O)c1ccccc1)(C(=O)OC)C(=O)OC. The number of rotatable bonds is 5. The number of esters is 2. The molecule has 1 rings (SSSR count). The molecule has 0 heterocycles. The summed E-state index contributed by atoms with van der Waals surface area (Å²) in [5.41, 5.74) is -1.08. The number of methoxy groups -OCH3 is 2. The predicted octanol–water partition coefficient (Wildman–Crippen LogP) is 1.47. The van der Waals surface area contributed by atoms with E-state index in [0.29, 0.717) is 5.56 Å². The number of aliphatic hydroxyl groups excluding tert-OH is 1. The molecule has 0 aliphatic rings. The molecular weight excluding hydrogens is 296 g/mol. The van der Waals surface area contributed by atoms with E-state index in [1.165, 1.54) is 0 Å². The van der Waals surface area contributed by atoms with Crippen LogP contribution in [-0.4, -0.2) is 31.3 Å². The van der Waals surface area contributed by atoms with Gasteiger partial charge in [0.1, 0.15) is 6.10 Å². The molecule has 1 aromatic rings. The second-order valence-electron chi connectivity index (χ2n) is 4.76. The van der Waals surface area contributed by atoms with Crippen LogP contribution < -0.4 is 0 Å². The van der Waals surface area contributed by atoms with Gasteiger partial charge in [-0.15, -0.1) is 12.3 Å². The van der Waals surface area contributed by atoms with E-state index in [-0.39, 0.29) is 12.8 Å².